The molecule has 1 aliphatic heterocycles. The molecule has 0 spiro atoms. The molecule has 1 amide bonds. The molecule has 2 aromatic rings. The van der Waals surface area contributed by atoms with Crippen LogP contribution < -0.4 is 14.8 Å². The van der Waals surface area contributed by atoms with Gasteiger partial charge in [-0.05, 0) is 31.2 Å². The Balaban J connectivity index is 1.83. The Morgan fingerprint density at radius 3 is 2.91 bits per heavy atom. The maximum atomic E-state index is 12.3. The Kier molecular flexibility index (Phi) is 4.20. The van der Waals surface area contributed by atoms with Gasteiger partial charge in [0.05, 0.1) is 12.0 Å². The average Bonchev–Trinajstić information content (AvgIpc) is 3.08. The van der Waals surface area contributed by atoms with Gasteiger partial charge in [0, 0.05) is 24.5 Å². The molecule has 0 saturated carbocycles. The summed E-state index contributed by atoms with van der Waals surface area (Å²) in [4.78, 5) is 12.3. The van der Waals surface area contributed by atoms with Crippen LogP contribution in [0.25, 0.3) is 5.69 Å². The molecule has 0 aliphatic carbocycles. The van der Waals surface area contributed by atoms with Gasteiger partial charge in [0.2, 0.25) is 0 Å². The van der Waals surface area contributed by atoms with Crippen molar-refractivity contribution < 1.29 is 14.3 Å². The molecular weight excluding hydrogens is 294 g/mol. The predicted molar refractivity (Wildman–Crippen MR) is 83.9 cm³/mol. The number of nitriles is 1. The normalized spacial score (nSPS) is 13.9. The molecule has 0 saturated heterocycles. The Morgan fingerprint density at radius 1 is 1.35 bits per heavy atom. The van der Waals surface area contributed by atoms with E-state index in [0.717, 1.165) is 5.69 Å². The van der Waals surface area contributed by atoms with E-state index >= 15 is 0 Å². The molecule has 6 heteroatoms. The third kappa shape index (κ3) is 3.14. The van der Waals surface area contributed by atoms with Crippen molar-refractivity contribution in [2.24, 2.45) is 5.92 Å². The lowest BCUT2D eigenvalue weighted by Crippen LogP contribution is -2.29. The summed E-state index contributed by atoms with van der Waals surface area (Å²) in [5.74, 6) is 0.941. The highest BCUT2D eigenvalue weighted by molar-refractivity contribution is 5.93. The number of carbonyl (C=O) groups is 1. The maximum Gasteiger partial charge on any atom is 0.268 e. The highest BCUT2D eigenvalue weighted by Gasteiger charge is 2.16. The van der Waals surface area contributed by atoms with Crippen molar-refractivity contribution >= 4 is 5.91 Å². The Labute approximate surface area is 134 Å². The highest BCUT2D eigenvalue weighted by Crippen LogP contribution is 2.32. The largest absolute Gasteiger partial charge is 0.486 e. The number of carbonyl (C=O) groups excluding carboxylic acids is 1. The lowest BCUT2D eigenvalue weighted by atomic mass is 10.2. The van der Waals surface area contributed by atoms with Gasteiger partial charge in [-0.1, -0.05) is 0 Å². The first-order valence-electron chi connectivity index (χ1n) is 7.44. The fourth-order valence-electron chi connectivity index (χ4n) is 2.35. The van der Waals surface area contributed by atoms with Gasteiger partial charge >= 0.3 is 0 Å². The lowest BCUT2D eigenvalue weighted by molar-refractivity contribution is 0.0944. The van der Waals surface area contributed by atoms with E-state index in [1.54, 1.807) is 23.6 Å². The third-order valence-electron chi connectivity index (χ3n) is 3.57. The van der Waals surface area contributed by atoms with E-state index in [4.69, 9.17) is 14.7 Å². The minimum atomic E-state index is -0.225. The Morgan fingerprint density at radius 2 is 2.13 bits per heavy atom. The zero-order valence-corrected chi connectivity index (χ0v) is 12.8. The molecule has 1 unspecified atom stereocenters. The molecule has 0 fully saturated rings. The van der Waals surface area contributed by atoms with Gasteiger partial charge in [-0.2, -0.15) is 5.26 Å². The smallest absolute Gasteiger partial charge is 0.268 e. The van der Waals surface area contributed by atoms with Crippen LogP contribution in [-0.4, -0.2) is 30.2 Å². The van der Waals surface area contributed by atoms with Crippen molar-refractivity contribution in [2.75, 3.05) is 19.8 Å². The van der Waals surface area contributed by atoms with Crippen LogP contribution in [-0.2, 0) is 0 Å². The van der Waals surface area contributed by atoms with Crippen LogP contribution >= 0.6 is 0 Å². The average molecular weight is 311 g/mol. The Bertz CT molecular complexity index is 761. The van der Waals surface area contributed by atoms with Crippen LogP contribution in [0.5, 0.6) is 11.5 Å². The van der Waals surface area contributed by atoms with Crippen LogP contribution in [0.2, 0.25) is 0 Å². The van der Waals surface area contributed by atoms with Crippen molar-refractivity contribution in [2.45, 2.75) is 6.92 Å². The van der Waals surface area contributed by atoms with E-state index in [1.165, 1.54) is 0 Å². The topological polar surface area (TPSA) is 76.3 Å². The summed E-state index contributed by atoms with van der Waals surface area (Å²) in [6.45, 7) is 3.14. The van der Waals surface area contributed by atoms with Crippen LogP contribution in [0.3, 0.4) is 0 Å². The van der Waals surface area contributed by atoms with Crippen LogP contribution in [0.1, 0.15) is 17.4 Å². The molecule has 0 radical (unpaired) electrons. The number of amides is 1. The van der Waals surface area contributed by atoms with Crippen molar-refractivity contribution in [3.8, 4) is 23.3 Å². The van der Waals surface area contributed by atoms with Gasteiger partial charge in [0.1, 0.15) is 18.9 Å². The lowest BCUT2D eigenvalue weighted by Gasteiger charge is -2.19. The molecule has 0 bridgehead atoms. The number of nitrogens with zero attached hydrogens (tertiary/aromatic N) is 2. The van der Waals surface area contributed by atoms with Crippen LogP contribution in [0.15, 0.2) is 36.5 Å². The molecule has 1 aromatic carbocycles. The summed E-state index contributed by atoms with van der Waals surface area (Å²) < 4.78 is 12.9. The van der Waals surface area contributed by atoms with Crippen molar-refractivity contribution in [3.05, 3.63) is 42.2 Å². The van der Waals surface area contributed by atoms with E-state index in [0.29, 0.717) is 37.0 Å². The van der Waals surface area contributed by atoms with Gasteiger partial charge in [-0.3, -0.25) is 4.79 Å². The fraction of sp³-hybridized carbons (Fsp3) is 0.294. The molecule has 1 atom stereocenters. The van der Waals surface area contributed by atoms with Gasteiger partial charge in [-0.25, -0.2) is 0 Å². The van der Waals surface area contributed by atoms with E-state index < -0.39 is 0 Å². The minimum absolute atomic E-state index is 0.216. The summed E-state index contributed by atoms with van der Waals surface area (Å²) in [5, 5.41) is 11.6. The van der Waals surface area contributed by atoms with Gasteiger partial charge in [0.15, 0.2) is 11.5 Å². The summed E-state index contributed by atoms with van der Waals surface area (Å²) in [6.07, 6.45) is 1.81. The number of hydrogen-bond donors (Lipinski definition) is 1. The van der Waals surface area contributed by atoms with Crippen molar-refractivity contribution in [1.29, 1.82) is 5.26 Å². The van der Waals surface area contributed by atoms with E-state index in [1.807, 2.05) is 24.4 Å². The standard InChI is InChI=1S/C17H17N3O3/c1-12(10-18)11-19-17(21)14-3-2-6-20(14)13-4-5-15-16(9-13)23-8-7-22-15/h2-6,9,12H,7-8,11H2,1H3,(H,19,21). The maximum absolute atomic E-state index is 12.3. The first-order valence-corrected chi connectivity index (χ1v) is 7.44. The number of benzene rings is 1. The molecule has 1 aromatic heterocycles. The number of hydrogen-bond acceptors (Lipinski definition) is 4. The minimum Gasteiger partial charge on any atom is -0.486 e. The quantitative estimate of drug-likeness (QED) is 0.938. The number of aromatic nitrogens is 1. The highest BCUT2D eigenvalue weighted by atomic mass is 16.6. The second-order valence-electron chi connectivity index (χ2n) is 5.33. The van der Waals surface area contributed by atoms with Gasteiger partial charge in [-0.15, -0.1) is 0 Å². The van der Waals surface area contributed by atoms with E-state index in [2.05, 4.69) is 11.4 Å². The number of rotatable bonds is 4. The summed E-state index contributed by atoms with van der Waals surface area (Å²) in [7, 11) is 0. The first kappa shape index (κ1) is 15.0. The van der Waals surface area contributed by atoms with Crippen molar-refractivity contribution in [1.82, 2.24) is 9.88 Å². The first-order chi connectivity index (χ1) is 11.2. The van der Waals surface area contributed by atoms with Gasteiger partial charge in [0.25, 0.3) is 5.91 Å². The molecule has 1 N–H and O–H groups in total. The van der Waals surface area contributed by atoms with Crippen LogP contribution in [0, 0.1) is 17.2 Å². The number of fused-ring (bicyclic) bond motifs is 1. The number of nitrogens with one attached hydrogen (secondary N) is 1. The number of ether oxygens (including phenoxy) is 2. The zero-order chi connectivity index (χ0) is 16.2. The van der Waals surface area contributed by atoms with E-state index in [-0.39, 0.29) is 11.8 Å². The second kappa shape index (κ2) is 6.44. The molecule has 23 heavy (non-hydrogen) atoms. The summed E-state index contributed by atoms with van der Waals surface area (Å²) in [6, 6.07) is 11.2. The molecular formula is C17H17N3O3. The SMILES string of the molecule is CC(C#N)CNC(=O)c1cccn1-c1ccc2c(c1)OCCO2. The molecule has 3 rings (SSSR count). The monoisotopic (exact) mass is 311 g/mol. The molecule has 118 valence electrons. The summed E-state index contributed by atoms with van der Waals surface area (Å²) >= 11 is 0. The molecule has 6 nitrogen and oxygen atoms in total. The third-order valence-corrected chi connectivity index (χ3v) is 3.57. The summed E-state index contributed by atoms with van der Waals surface area (Å²) in [5.41, 5.74) is 1.32. The molecule has 1 aliphatic rings. The van der Waals surface area contributed by atoms with Crippen molar-refractivity contribution in [3.63, 3.8) is 0 Å². The van der Waals surface area contributed by atoms with Crippen LogP contribution in [0.4, 0.5) is 0 Å². The predicted octanol–water partition coefficient (Wildman–Crippen LogP) is 2.14. The second-order valence-corrected chi connectivity index (χ2v) is 5.33. The Hall–Kier alpha value is -2.94. The van der Waals surface area contributed by atoms with Gasteiger partial charge < -0.3 is 19.4 Å². The van der Waals surface area contributed by atoms with E-state index in [9.17, 15) is 4.79 Å². The fourth-order valence-corrected chi connectivity index (χ4v) is 2.35. The molecule has 2 heterocycles. The zero-order valence-electron chi connectivity index (χ0n) is 12.8.